The van der Waals surface area contributed by atoms with Crippen molar-refractivity contribution in [1.82, 2.24) is 40.0 Å². The summed E-state index contributed by atoms with van der Waals surface area (Å²) in [5.74, 6) is 0.0480. The molecule has 1 atom stereocenters. The van der Waals surface area contributed by atoms with Crippen molar-refractivity contribution >= 4 is 23.5 Å². The van der Waals surface area contributed by atoms with Crippen molar-refractivity contribution in [1.29, 1.82) is 0 Å². The maximum Gasteiger partial charge on any atom is 0.323 e. The van der Waals surface area contributed by atoms with E-state index in [0.29, 0.717) is 42.7 Å². The van der Waals surface area contributed by atoms with Gasteiger partial charge in [-0.25, -0.2) is 4.98 Å². The van der Waals surface area contributed by atoms with Crippen LogP contribution in [-0.2, 0) is 33.9 Å². The number of hydrogen-bond acceptors (Lipinski definition) is 9. The van der Waals surface area contributed by atoms with Gasteiger partial charge in [0.05, 0.1) is 12.4 Å². The van der Waals surface area contributed by atoms with Crippen LogP contribution in [0.1, 0.15) is 56.1 Å². The van der Waals surface area contributed by atoms with Crippen LogP contribution in [0.3, 0.4) is 0 Å². The standard InChI is InChI=1S/C32H41ClN8O4/c1-5-6-13-28-34-30(33)27(20-45-32(44)26(12-9-14-29(42)43)40(4)21-39(2)3)41(28)19-22-15-17-23(18-16-22)24-10-7-8-11-25(24)31-35-37-38-36-31/h7-8,10-11,15-18,26H,5-6,9,12-14,19-21H2,1-4H3,(H,42,43)(H,35,36,37,38)/t26-/m1/s1. The number of likely N-dealkylation sites (N-methyl/N-ethyl adjacent to an activating group) is 1. The van der Waals surface area contributed by atoms with Crippen LogP contribution >= 0.6 is 11.6 Å². The average molecular weight is 637 g/mol. The molecule has 2 aromatic carbocycles. The van der Waals surface area contributed by atoms with Crippen molar-refractivity contribution in [3.05, 3.63) is 70.8 Å². The zero-order valence-electron chi connectivity index (χ0n) is 26.2. The van der Waals surface area contributed by atoms with Crippen LogP contribution in [0.25, 0.3) is 22.5 Å². The van der Waals surface area contributed by atoms with E-state index in [9.17, 15) is 9.59 Å². The van der Waals surface area contributed by atoms with Crippen LogP contribution in [0.5, 0.6) is 0 Å². The number of unbranched alkanes of at least 4 members (excludes halogenated alkanes) is 1. The molecule has 0 aliphatic rings. The largest absolute Gasteiger partial charge is 0.481 e. The Morgan fingerprint density at radius 2 is 1.80 bits per heavy atom. The Hall–Kier alpha value is -4.13. The molecule has 0 radical (unpaired) electrons. The van der Waals surface area contributed by atoms with Crippen molar-refractivity contribution in [3.8, 4) is 22.5 Å². The van der Waals surface area contributed by atoms with E-state index >= 15 is 0 Å². The summed E-state index contributed by atoms with van der Waals surface area (Å²) in [6, 6.07) is 15.5. The molecule has 0 spiro atoms. The predicted molar refractivity (Wildman–Crippen MR) is 171 cm³/mol. The lowest BCUT2D eigenvalue weighted by Crippen LogP contribution is -2.44. The molecule has 0 amide bonds. The number of nitrogens with zero attached hydrogens (tertiary/aromatic N) is 7. The summed E-state index contributed by atoms with van der Waals surface area (Å²) in [5, 5.41) is 23.9. The molecule has 0 unspecified atom stereocenters. The highest BCUT2D eigenvalue weighted by Crippen LogP contribution is 2.30. The minimum absolute atomic E-state index is 0.0134. The SMILES string of the molecule is CCCCc1nc(Cl)c(COC(=O)[C@@H](CCCC(=O)O)N(C)CN(C)C)n1Cc1ccc(-c2ccccc2-c2nn[nH]n2)cc1. The highest BCUT2D eigenvalue weighted by molar-refractivity contribution is 6.30. The van der Waals surface area contributed by atoms with Gasteiger partial charge in [-0.05, 0) is 62.3 Å². The van der Waals surface area contributed by atoms with Crippen LogP contribution in [0, 0.1) is 0 Å². The second-order valence-electron chi connectivity index (χ2n) is 11.3. The van der Waals surface area contributed by atoms with E-state index in [1.807, 2.05) is 59.8 Å². The number of carboxylic acid groups (broad SMARTS) is 1. The summed E-state index contributed by atoms with van der Waals surface area (Å²) in [7, 11) is 5.65. The van der Waals surface area contributed by atoms with Gasteiger partial charge in [0.1, 0.15) is 18.5 Å². The van der Waals surface area contributed by atoms with E-state index in [2.05, 4.69) is 56.8 Å². The normalized spacial score (nSPS) is 12.2. The molecular formula is C32H41ClN8O4. The molecule has 2 heterocycles. The number of carbonyl (C=O) groups is 2. The van der Waals surface area contributed by atoms with Crippen molar-refractivity contribution in [2.24, 2.45) is 0 Å². The fourth-order valence-corrected chi connectivity index (χ4v) is 5.53. The van der Waals surface area contributed by atoms with Gasteiger partial charge < -0.3 is 14.4 Å². The number of aryl methyl sites for hydroxylation is 1. The molecule has 4 aromatic rings. The van der Waals surface area contributed by atoms with Gasteiger partial charge in [0, 0.05) is 24.9 Å². The first-order chi connectivity index (χ1) is 21.7. The molecule has 240 valence electrons. The predicted octanol–water partition coefficient (Wildman–Crippen LogP) is 4.89. The number of aromatic nitrogens is 6. The summed E-state index contributed by atoms with van der Waals surface area (Å²) in [6.07, 6.45) is 3.40. The number of tetrazole rings is 1. The third-order valence-electron chi connectivity index (χ3n) is 7.51. The van der Waals surface area contributed by atoms with Crippen molar-refractivity contribution < 1.29 is 19.4 Å². The zero-order chi connectivity index (χ0) is 32.3. The van der Waals surface area contributed by atoms with Crippen LogP contribution in [0.2, 0.25) is 5.15 Å². The summed E-state index contributed by atoms with van der Waals surface area (Å²) >= 11 is 6.65. The number of carbonyl (C=O) groups excluding carboxylic acids is 1. The smallest absolute Gasteiger partial charge is 0.323 e. The highest BCUT2D eigenvalue weighted by Gasteiger charge is 2.27. The van der Waals surface area contributed by atoms with Crippen LogP contribution < -0.4 is 0 Å². The lowest BCUT2D eigenvalue weighted by molar-refractivity contribution is -0.152. The maximum absolute atomic E-state index is 13.3. The van der Waals surface area contributed by atoms with E-state index in [1.54, 1.807) is 0 Å². The molecular weight excluding hydrogens is 596 g/mol. The summed E-state index contributed by atoms with van der Waals surface area (Å²) in [6.45, 7) is 3.10. The third kappa shape index (κ3) is 9.19. The number of nitrogens with one attached hydrogen (secondary N) is 1. The Kier molecular flexibility index (Phi) is 12.2. The van der Waals surface area contributed by atoms with Crippen LogP contribution in [-0.4, -0.2) is 90.9 Å². The quantitative estimate of drug-likeness (QED) is 0.121. The van der Waals surface area contributed by atoms with E-state index in [0.717, 1.165) is 47.3 Å². The van der Waals surface area contributed by atoms with E-state index in [1.165, 1.54) is 0 Å². The molecule has 2 aromatic heterocycles. The first kappa shape index (κ1) is 33.8. The molecule has 0 aliphatic heterocycles. The summed E-state index contributed by atoms with van der Waals surface area (Å²) < 4.78 is 7.88. The second kappa shape index (κ2) is 16.3. The third-order valence-corrected chi connectivity index (χ3v) is 7.81. The lowest BCUT2D eigenvalue weighted by atomic mass is 9.98. The number of hydrogen-bond donors (Lipinski definition) is 2. The topological polar surface area (TPSA) is 142 Å². The fourth-order valence-electron chi connectivity index (χ4n) is 5.28. The summed E-state index contributed by atoms with van der Waals surface area (Å²) in [5.41, 5.74) is 4.54. The number of rotatable bonds is 17. The number of ether oxygens (including phenoxy) is 1. The molecule has 0 aliphatic carbocycles. The Balaban J connectivity index is 1.54. The van der Waals surface area contributed by atoms with Gasteiger partial charge in [-0.15, -0.1) is 10.2 Å². The van der Waals surface area contributed by atoms with Crippen LogP contribution in [0.4, 0.5) is 0 Å². The highest BCUT2D eigenvalue weighted by atomic mass is 35.5. The number of carboxylic acids is 1. The van der Waals surface area contributed by atoms with Gasteiger partial charge in [-0.3, -0.25) is 19.4 Å². The van der Waals surface area contributed by atoms with Crippen molar-refractivity contribution in [2.45, 2.75) is 64.6 Å². The number of halogens is 1. The molecule has 2 N–H and O–H groups in total. The van der Waals surface area contributed by atoms with E-state index in [4.69, 9.17) is 21.4 Å². The minimum Gasteiger partial charge on any atom is -0.481 e. The zero-order valence-corrected chi connectivity index (χ0v) is 27.0. The molecule has 0 saturated heterocycles. The first-order valence-corrected chi connectivity index (χ1v) is 15.4. The van der Waals surface area contributed by atoms with Gasteiger partial charge in [0.15, 0.2) is 5.15 Å². The molecule has 0 saturated carbocycles. The Morgan fingerprint density at radius 1 is 1.07 bits per heavy atom. The molecule has 12 nitrogen and oxygen atoms in total. The van der Waals surface area contributed by atoms with Crippen molar-refractivity contribution in [2.75, 3.05) is 27.8 Å². The lowest BCUT2D eigenvalue weighted by Gasteiger charge is -2.28. The Morgan fingerprint density at radius 3 is 2.44 bits per heavy atom. The Labute approximate surface area is 268 Å². The average Bonchev–Trinajstić information content (AvgIpc) is 3.65. The van der Waals surface area contributed by atoms with Crippen molar-refractivity contribution in [3.63, 3.8) is 0 Å². The summed E-state index contributed by atoms with van der Waals surface area (Å²) in [4.78, 5) is 32.9. The number of esters is 1. The van der Waals surface area contributed by atoms with Gasteiger partial charge in [-0.1, -0.05) is 73.5 Å². The second-order valence-corrected chi connectivity index (χ2v) is 11.7. The maximum atomic E-state index is 13.3. The molecule has 0 bridgehead atoms. The van der Waals surface area contributed by atoms with Crippen LogP contribution in [0.15, 0.2) is 48.5 Å². The van der Waals surface area contributed by atoms with E-state index < -0.39 is 18.0 Å². The minimum atomic E-state index is -0.892. The molecule has 4 rings (SSSR count). The number of benzene rings is 2. The monoisotopic (exact) mass is 636 g/mol. The molecule has 45 heavy (non-hydrogen) atoms. The number of aliphatic carboxylic acids is 1. The molecule has 0 fully saturated rings. The van der Waals surface area contributed by atoms with Gasteiger partial charge >= 0.3 is 11.9 Å². The Bertz CT molecular complexity index is 1540. The number of imidazole rings is 1. The number of aromatic amines is 1. The van der Waals surface area contributed by atoms with Gasteiger partial charge in [-0.2, -0.15) is 5.21 Å². The van der Waals surface area contributed by atoms with Gasteiger partial charge in [0.25, 0.3) is 0 Å². The van der Waals surface area contributed by atoms with Gasteiger partial charge in [0.2, 0.25) is 5.82 Å². The number of H-pyrrole nitrogens is 1. The fraction of sp³-hybridized carbons (Fsp3) is 0.438. The molecule has 13 heteroatoms. The first-order valence-electron chi connectivity index (χ1n) is 15.1. The van der Waals surface area contributed by atoms with E-state index in [-0.39, 0.29) is 13.0 Å².